The van der Waals surface area contributed by atoms with Crippen molar-refractivity contribution >= 4 is 22.4 Å². The summed E-state index contributed by atoms with van der Waals surface area (Å²) < 4.78 is 0. The van der Waals surface area contributed by atoms with Crippen molar-refractivity contribution in [1.82, 2.24) is 4.98 Å². The van der Waals surface area contributed by atoms with Crippen LogP contribution in [0.15, 0.2) is 84.9 Å². The largest absolute Gasteiger partial charge is 0.298 e. The Bertz CT molecular complexity index is 1070. The summed E-state index contributed by atoms with van der Waals surface area (Å²) in [5, 5.41) is 3.55. The first-order valence-corrected chi connectivity index (χ1v) is 9.98. The Labute approximate surface area is 168 Å². The molecule has 0 spiro atoms. The lowest BCUT2D eigenvalue weighted by atomic mass is 10.0. The average Bonchev–Trinajstić information content (AvgIpc) is 3.10. The molecule has 0 atom stereocenters. The highest BCUT2D eigenvalue weighted by Crippen LogP contribution is 2.30. The summed E-state index contributed by atoms with van der Waals surface area (Å²) in [6.07, 6.45) is 0.856. The first-order valence-electron chi connectivity index (χ1n) is 9.16. The molecule has 0 fully saturated rings. The number of aryl methyl sites for hydroxylation is 1. The predicted molar refractivity (Wildman–Crippen MR) is 116 cm³/mol. The van der Waals surface area contributed by atoms with Gasteiger partial charge in [0.25, 0.3) is 5.91 Å². The molecule has 1 aromatic heterocycles. The van der Waals surface area contributed by atoms with Crippen LogP contribution in [-0.4, -0.2) is 10.9 Å². The summed E-state index contributed by atoms with van der Waals surface area (Å²) >= 11 is 1.49. The molecule has 4 rings (SSSR count). The Kier molecular flexibility index (Phi) is 5.31. The highest BCUT2D eigenvalue weighted by Gasteiger charge is 2.13. The number of anilines is 1. The van der Waals surface area contributed by atoms with Crippen LogP contribution in [0, 0.1) is 6.92 Å². The number of thiazole rings is 1. The molecule has 28 heavy (non-hydrogen) atoms. The number of carbonyl (C=O) groups is 1. The highest BCUT2D eigenvalue weighted by atomic mass is 32.1. The Hall–Kier alpha value is -3.24. The van der Waals surface area contributed by atoms with Crippen molar-refractivity contribution in [3.63, 3.8) is 0 Å². The van der Waals surface area contributed by atoms with Gasteiger partial charge in [-0.2, -0.15) is 0 Å². The Morgan fingerprint density at radius 1 is 0.857 bits per heavy atom. The molecule has 1 N–H and O–H groups in total. The van der Waals surface area contributed by atoms with Gasteiger partial charge in [-0.1, -0.05) is 72.8 Å². The Morgan fingerprint density at radius 3 is 2.14 bits per heavy atom. The van der Waals surface area contributed by atoms with Crippen LogP contribution in [-0.2, 0) is 6.42 Å². The fourth-order valence-corrected chi connectivity index (χ4v) is 3.92. The van der Waals surface area contributed by atoms with E-state index in [0.29, 0.717) is 10.7 Å². The number of benzene rings is 3. The van der Waals surface area contributed by atoms with Crippen LogP contribution in [0.25, 0.3) is 11.3 Å². The van der Waals surface area contributed by atoms with E-state index < -0.39 is 0 Å². The molecule has 4 aromatic rings. The molecule has 3 nitrogen and oxygen atoms in total. The van der Waals surface area contributed by atoms with E-state index in [4.69, 9.17) is 0 Å². The van der Waals surface area contributed by atoms with E-state index in [2.05, 4.69) is 22.4 Å². The Balaban J connectivity index is 1.45. The second-order valence-electron chi connectivity index (χ2n) is 6.60. The fraction of sp³-hybridized carbons (Fsp3) is 0.0833. The third kappa shape index (κ3) is 4.18. The van der Waals surface area contributed by atoms with Crippen LogP contribution in [0.5, 0.6) is 0 Å². The van der Waals surface area contributed by atoms with E-state index in [1.807, 2.05) is 79.7 Å². The summed E-state index contributed by atoms with van der Waals surface area (Å²) in [4.78, 5) is 18.3. The van der Waals surface area contributed by atoms with Crippen LogP contribution in [0.3, 0.4) is 0 Å². The number of nitrogens with one attached hydrogen (secondary N) is 1. The van der Waals surface area contributed by atoms with Gasteiger partial charge in [0.15, 0.2) is 5.13 Å². The number of amides is 1. The molecule has 1 heterocycles. The van der Waals surface area contributed by atoms with E-state index >= 15 is 0 Å². The zero-order valence-corrected chi connectivity index (χ0v) is 16.4. The lowest BCUT2D eigenvalue weighted by Crippen LogP contribution is -2.11. The van der Waals surface area contributed by atoms with Crippen molar-refractivity contribution in [2.45, 2.75) is 13.3 Å². The Morgan fingerprint density at radius 2 is 1.46 bits per heavy atom. The van der Waals surface area contributed by atoms with Gasteiger partial charge in [0.05, 0.1) is 5.69 Å². The summed E-state index contributed by atoms with van der Waals surface area (Å²) in [6.45, 7) is 2.02. The molecule has 0 unspecified atom stereocenters. The summed E-state index contributed by atoms with van der Waals surface area (Å²) in [6, 6.07) is 28.1. The topological polar surface area (TPSA) is 42.0 Å². The minimum Gasteiger partial charge on any atom is -0.298 e. The van der Waals surface area contributed by atoms with Gasteiger partial charge >= 0.3 is 0 Å². The maximum atomic E-state index is 12.6. The molecule has 0 saturated carbocycles. The molecule has 0 radical (unpaired) electrons. The first-order chi connectivity index (χ1) is 13.7. The first kappa shape index (κ1) is 18.1. The molecule has 1 amide bonds. The van der Waals surface area contributed by atoms with Gasteiger partial charge in [0, 0.05) is 16.0 Å². The van der Waals surface area contributed by atoms with Gasteiger partial charge < -0.3 is 0 Å². The van der Waals surface area contributed by atoms with Gasteiger partial charge in [-0.05, 0) is 36.6 Å². The van der Waals surface area contributed by atoms with E-state index in [-0.39, 0.29) is 5.91 Å². The molecule has 0 bridgehead atoms. The summed E-state index contributed by atoms with van der Waals surface area (Å²) in [5.74, 6) is -0.139. The minimum absolute atomic E-state index is 0.139. The van der Waals surface area contributed by atoms with Gasteiger partial charge in [0.2, 0.25) is 0 Å². The van der Waals surface area contributed by atoms with Gasteiger partial charge in [0.1, 0.15) is 0 Å². The number of hydrogen-bond acceptors (Lipinski definition) is 3. The van der Waals surface area contributed by atoms with Crippen molar-refractivity contribution in [2.75, 3.05) is 5.32 Å². The second kappa shape index (κ2) is 8.19. The van der Waals surface area contributed by atoms with E-state index in [9.17, 15) is 4.79 Å². The van der Waals surface area contributed by atoms with Crippen LogP contribution in [0.1, 0.15) is 26.4 Å². The number of nitrogens with zero attached hydrogens (tertiary/aromatic N) is 1. The monoisotopic (exact) mass is 384 g/mol. The van der Waals surface area contributed by atoms with E-state index in [0.717, 1.165) is 22.6 Å². The number of aromatic nitrogens is 1. The van der Waals surface area contributed by atoms with Crippen molar-refractivity contribution in [3.05, 3.63) is 106 Å². The lowest BCUT2D eigenvalue weighted by Gasteiger charge is -2.05. The van der Waals surface area contributed by atoms with E-state index in [1.165, 1.54) is 22.5 Å². The van der Waals surface area contributed by atoms with Gasteiger partial charge in [-0.15, -0.1) is 11.3 Å². The second-order valence-corrected chi connectivity index (χ2v) is 7.81. The fourth-order valence-electron chi connectivity index (χ4n) is 3.09. The third-order valence-corrected chi connectivity index (χ3v) is 5.42. The minimum atomic E-state index is -0.139. The van der Waals surface area contributed by atoms with Crippen molar-refractivity contribution < 1.29 is 4.79 Å². The molecule has 0 aliphatic carbocycles. The molecular formula is C24H20N2OS. The smallest absolute Gasteiger partial charge is 0.257 e. The van der Waals surface area contributed by atoms with Crippen LogP contribution in [0.4, 0.5) is 5.13 Å². The van der Waals surface area contributed by atoms with E-state index in [1.54, 1.807) is 0 Å². The highest BCUT2D eigenvalue weighted by molar-refractivity contribution is 7.16. The number of rotatable bonds is 5. The third-order valence-electron chi connectivity index (χ3n) is 4.53. The number of carbonyl (C=O) groups excluding carboxylic acids is 1. The van der Waals surface area contributed by atoms with Crippen molar-refractivity contribution in [3.8, 4) is 11.3 Å². The standard InChI is InChI=1S/C24H20N2OS/c1-17-22(20-10-6-3-7-11-20)25-24(28-17)26-23(27)21-14-12-19(13-15-21)16-18-8-4-2-5-9-18/h2-15H,16H2,1H3,(H,25,26,27). The zero-order valence-electron chi connectivity index (χ0n) is 15.6. The lowest BCUT2D eigenvalue weighted by molar-refractivity contribution is 0.102. The molecule has 0 aliphatic rings. The van der Waals surface area contributed by atoms with Crippen molar-refractivity contribution in [1.29, 1.82) is 0 Å². The van der Waals surface area contributed by atoms with Crippen LogP contribution < -0.4 is 5.32 Å². The molecule has 0 saturated heterocycles. The summed E-state index contributed by atoms with van der Waals surface area (Å²) in [5.41, 5.74) is 5.04. The maximum Gasteiger partial charge on any atom is 0.257 e. The SMILES string of the molecule is Cc1sc(NC(=O)c2ccc(Cc3ccccc3)cc2)nc1-c1ccccc1. The molecule has 4 heteroatoms. The van der Waals surface area contributed by atoms with Gasteiger partial charge in [-0.3, -0.25) is 10.1 Å². The average molecular weight is 385 g/mol. The van der Waals surface area contributed by atoms with Crippen molar-refractivity contribution in [2.24, 2.45) is 0 Å². The quantitative estimate of drug-likeness (QED) is 0.461. The number of hydrogen-bond donors (Lipinski definition) is 1. The molecule has 138 valence electrons. The van der Waals surface area contributed by atoms with Crippen LogP contribution in [0.2, 0.25) is 0 Å². The zero-order chi connectivity index (χ0) is 19.3. The predicted octanol–water partition coefficient (Wildman–Crippen LogP) is 5.96. The molecule has 3 aromatic carbocycles. The maximum absolute atomic E-state index is 12.6. The van der Waals surface area contributed by atoms with Crippen LogP contribution >= 0.6 is 11.3 Å². The molecular weight excluding hydrogens is 364 g/mol. The summed E-state index contributed by atoms with van der Waals surface area (Å²) in [7, 11) is 0. The van der Waals surface area contributed by atoms with Gasteiger partial charge in [-0.25, -0.2) is 4.98 Å². The molecule has 0 aliphatic heterocycles. The normalized spacial score (nSPS) is 10.6.